The molecule has 5 heteroatoms. The minimum Gasteiger partial charge on any atom is -0.466 e. The van der Waals surface area contributed by atoms with Crippen molar-refractivity contribution in [1.82, 2.24) is 4.90 Å². The first-order valence-corrected chi connectivity index (χ1v) is 7.31. The average molecular weight is 300 g/mol. The second-order valence-electron chi connectivity index (χ2n) is 5.04. The standard InChI is InChI=1S/C15H19ClFNO2/c1-2-20-15(19)11-5-7-18(8-6-11)10-12-9-13(16)3-4-14(12)17/h3-4,9,11H,2,5-8,10H2,1H3. The Morgan fingerprint density at radius 2 is 2.15 bits per heavy atom. The van der Waals surface area contributed by atoms with Gasteiger partial charge in [-0.15, -0.1) is 0 Å². The fraction of sp³-hybridized carbons (Fsp3) is 0.533. The second-order valence-corrected chi connectivity index (χ2v) is 5.47. The minimum absolute atomic E-state index is 0.0181. The fourth-order valence-electron chi connectivity index (χ4n) is 2.49. The Kier molecular flexibility index (Phi) is 5.38. The predicted octanol–water partition coefficient (Wildman–Crippen LogP) is 3.25. The summed E-state index contributed by atoms with van der Waals surface area (Å²) in [6, 6.07) is 4.60. The van der Waals surface area contributed by atoms with Crippen molar-refractivity contribution in [3.63, 3.8) is 0 Å². The molecule has 1 heterocycles. The number of esters is 1. The van der Waals surface area contributed by atoms with Crippen molar-refractivity contribution in [2.75, 3.05) is 19.7 Å². The van der Waals surface area contributed by atoms with Crippen LogP contribution in [-0.4, -0.2) is 30.6 Å². The van der Waals surface area contributed by atoms with Crippen molar-refractivity contribution in [3.05, 3.63) is 34.6 Å². The average Bonchev–Trinajstić information content (AvgIpc) is 2.44. The van der Waals surface area contributed by atoms with E-state index in [1.165, 1.54) is 6.07 Å². The molecule has 1 aliphatic heterocycles. The zero-order valence-electron chi connectivity index (χ0n) is 11.6. The molecule has 0 atom stereocenters. The van der Waals surface area contributed by atoms with Gasteiger partial charge in [-0.1, -0.05) is 11.6 Å². The molecule has 3 nitrogen and oxygen atoms in total. The SMILES string of the molecule is CCOC(=O)C1CCN(Cc2cc(Cl)ccc2F)CC1. The van der Waals surface area contributed by atoms with Crippen molar-refractivity contribution >= 4 is 17.6 Å². The number of likely N-dealkylation sites (tertiary alicyclic amines) is 1. The molecule has 1 aromatic carbocycles. The molecule has 1 fully saturated rings. The maximum atomic E-state index is 13.7. The Labute approximate surface area is 123 Å². The Balaban J connectivity index is 1.88. The lowest BCUT2D eigenvalue weighted by molar-refractivity contribution is -0.149. The minimum atomic E-state index is -0.234. The van der Waals surface area contributed by atoms with Gasteiger partial charge in [-0.2, -0.15) is 0 Å². The molecule has 0 aromatic heterocycles. The zero-order valence-corrected chi connectivity index (χ0v) is 12.3. The summed E-state index contributed by atoms with van der Waals surface area (Å²) in [6.07, 6.45) is 1.53. The maximum Gasteiger partial charge on any atom is 0.309 e. The van der Waals surface area contributed by atoms with Crippen LogP contribution in [0.25, 0.3) is 0 Å². The summed E-state index contributed by atoms with van der Waals surface area (Å²) in [7, 11) is 0. The van der Waals surface area contributed by atoms with Gasteiger partial charge in [0.05, 0.1) is 12.5 Å². The largest absolute Gasteiger partial charge is 0.466 e. The zero-order chi connectivity index (χ0) is 14.5. The van der Waals surface area contributed by atoms with Crippen molar-refractivity contribution in [1.29, 1.82) is 0 Å². The van der Waals surface area contributed by atoms with Crippen molar-refractivity contribution in [3.8, 4) is 0 Å². The summed E-state index contributed by atoms with van der Waals surface area (Å²) in [5, 5.41) is 0.544. The van der Waals surface area contributed by atoms with Crippen LogP contribution in [0, 0.1) is 11.7 Å². The lowest BCUT2D eigenvalue weighted by Crippen LogP contribution is -2.36. The number of benzene rings is 1. The molecule has 1 aliphatic rings. The van der Waals surface area contributed by atoms with Crippen LogP contribution in [0.2, 0.25) is 5.02 Å². The fourth-order valence-corrected chi connectivity index (χ4v) is 2.69. The predicted molar refractivity (Wildman–Crippen MR) is 76.0 cm³/mol. The van der Waals surface area contributed by atoms with Crippen LogP contribution in [-0.2, 0) is 16.1 Å². The number of carbonyl (C=O) groups excluding carboxylic acids is 1. The summed E-state index contributed by atoms with van der Waals surface area (Å²) in [4.78, 5) is 13.8. The molecule has 0 N–H and O–H groups in total. The van der Waals surface area contributed by atoms with E-state index in [9.17, 15) is 9.18 Å². The lowest BCUT2D eigenvalue weighted by atomic mass is 9.96. The van der Waals surface area contributed by atoms with Crippen molar-refractivity contribution < 1.29 is 13.9 Å². The highest BCUT2D eigenvalue weighted by Gasteiger charge is 2.26. The number of halogens is 2. The molecule has 0 unspecified atom stereocenters. The van der Waals surface area contributed by atoms with Gasteiger partial charge in [0.15, 0.2) is 0 Å². The second kappa shape index (κ2) is 7.04. The van der Waals surface area contributed by atoms with Crippen LogP contribution >= 0.6 is 11.6 Å². The highest BCUT2D eigenvalue weighted by atomic mass is 35.5. The summed E-state index contributed by atoms with van der Waals surface area (Å²) in [5.74, 6) is -0.363. The smallest absolute Gasteiger partial charge is 0.309 e. The quantitative estimate of drug-likeness (QED) is 0.799. The van der Waals surface area contributed by atoms with Crippen LogP contribution in [0.3, 0.4) is 0 Å². The van der Waals surface area contributed by atoms with E-state index in [0.29, 0.717) is 23.7 Å². The van der Waals surface area contributed by atoms with Gasteiger partial charge in [-0.05, 0) is 51.1 Å². The molecular formula is C15H19ClFNO2. The van der Waals surface area contributed by atoms with Crippen LogP contribution in [0.5, 0.6) is 0 Å². The maximum absolute atomic E-state index is 13.7. The van der Waals surface area contributed by atoms with Crippen molar-refractivity contribution in [2.45, 2.75) is 26.3 Å². The number of hydrogen-bond acceptors (Lipinski definition) is 3. The number of nitrogens with zero attached hydrogens (tertiary/aromatic N) is 1. The van der Waals surface area contributed by atoms with E-state index in [0.717, 1.165) is 25.9 Å². The van der Waals surface area contributed by atoms with Crippen LogP contribution in [0.4, 0.5) is 4.39 Å². The normalized spacial score (nSPS) is 17.1. The van der Waals surface area contributed by atoms with Crippen LogP contribution in [0.15, 0.2) is 18.2 Å². The lowest BCUT2D eigenvalue weighted by Gasteiger charge is -2.30. The monoisotopic (exact) mass is 299 g/mol. The first-order valence-electron chi connectivity index (χ1n) is 6.93. The third-order valence-electron chi connectivity index (χ3n) is 3.61. The van der Waals surface area contributed by atoms with Crippen LogP contribution < -0.4 is 0 Å². The molecule has 2 rings (SSSR count). The molecule has 0 aliphatic carbocycles. The van der Waals surface area contributed by atoms with Gasteiger partial charge < -0.3 is 4.74 Å². The molecule has 0 amide bonds. The molecule has 0 spiro atoms. The Hall–Kier alpha value is -1.13. The molecule has 0 bridgehead atoms. The van der Waals surface area contributed by atoms with E-state index in [4.69, 9.17) is 16.3 Å². The molecule has 110 valence electrons. The summed E-state index contributed by atoms with van der Waals surface area (Å²) >= 11 is 5.89. The Morgan fingerprint density at radius 3 is 2.80 bits per heavy atom. The van der Waals surface area contributed by atoms with E-state index >= 15 is 0 Å². The van der Waals surface area contributed by atoms with Gasteiger partial charge >= 0.3 is 5.97 Å². The molecule has 0 saturated carbocycles. The Morgan fingerprint density at radius 1 is 1.45 bits per heavy atom. The number of rotatable bonds is 4. The van der Waals surface area contributed by atoms with Gasteiger partial charge in [0.2, 0.25) is 0 Å². The third kappa shape index (κ3) is 3.93. The highest BCUT2D eigenvalue weighted by Crippen LogP contribution is 2.22. The molecule has 1 aromatic rings. The van der Waals surface area contributed by atoms with E-state index < -0.39 is 0 Å². The van der Waals surface area contributed by atoms with E-state index in [2.05, 4.69) is 4.90 Å². The number of carbonyl (C=O) groups is 1. The topological polar surface area (TPSA) is 29.5 Å². The van der Waals surface area contributed by atoms with Crippen molar-refractivity contribution in [2.24, 2.45) is 5.92 Å². The summed E-state index contributed by atoms with van der Waals surface area (Å²) in [6.45, 7) is 4.31. The molecule has 1 saturated heterocycles. The van der Waals surface area contributed by atoms with Gasteiger partial charge in [0, 0.05) is 17.1 Å². The van der Waals surface area contributed by atoms with Gasteiger partial charge in [-0.25, -0.2) is 4.39 Å². The third-order valence-corrected chi connectivity index (χ3v) is 3.84. The molecule has 20 heavy (non-hydrogen) atoms. The first kappa shape index (κ1) is 15.3. The van der Waals surface area contributed by atoms with Gasteiger partial charge in [-0.3, -0.25) is 9.69 Å². The van der Waals surface area contributed by atoms with Gasteiger partial charge in [0.1, 0.15) is 5.82 Å². The van der Waals surface area contributed by atoms with E-state index in [1.807, 2.05) is 6.92 Å². The summed E-state index contributed by atoms with van der Waals surface area (Å²) in [5.41, 5.74) is 0.604. The first-order chi connectivity index (χ1) is 9.60. The van der Waals surface area contributed by atoms with Gasteiger partial charge in [0.25, 0.3) is 0 Å². The summed E-state index contributed by atoms with van der Waals surface area (Å²) < 4.78 is 18.7. The number of ether oxygens (including phenoxy) is 1. The van der Waals surface area contributed by atoms with E-state index in [1.54, 1.807) is 12.1 Å². The van der Waals surface area contributed by atoms with Crippen LogP contribution in [0.1, 0.15) is 25.3 Å². The molecule has 0 radical (unpaired) electrons. The number of hydrogen-bond donors (Lipinski definition) is 0. The number of piperidine rings is 1. The Bertz CT molecular complexity index is 473. The highest BCUT2D eigenvalue weighted by molar-refractivity contribution is 6.30. The molecular weight excluding hydrogens is 281 g/mol. The van der Waals surface area contributed by atoms with E-state index in [-0.39, 0.29) is 17.7 Å².